The fourth-order valence-corrected chi connectivity index (χ4v) is 0.372. The highest BCUT2D eigenvalue weighted by Crippen LogP contribution is 2.07. The molecule has 44 valence electrons. The Kier molecular flexibility index (Phi) is 4.02. The molecule has 1 nitrogen and oxygen atoms in total. The van der Waals surface area contributed by atoms with E-state index in [2.05, 4.69) is 29.5 Å². The summed E-state index contributed by atoms with van der Waals surface area (Å²) < 4.78 is 0.651. The van der Waals surface area contributed by atoms with Crippen molar-refractivity contribution >= 4 is 22.6 Å². The molecule has 0 aromatic heterocycles. The molecule has 0 aliphatic rings. The van der Waals surface area contributed by atoms with Crippen LogP contribution in [0.15, 0.2) is 0 Å². The molecule has 0 radical (unpaired) electrons. The smallest absolute Gasteiger partial charge is 0.0256 e. The van der Waals surface area contributed by atoms with E-state index in [0.717, 1.165) is 0 Å². The van der Waals surface area contributed by atoms with E-state index in [-0.39, 0.29) is 0 Å². The van der Waals surface area contributed by atoms with Gasteiger partial charge < -0.3 is 5.73 Å². The van der Waals surface area contributed by atoms with E-state index < -0.39 is 0 Å². The third-order valence-electron chi connectivity index (χ3n) is 0.961. The van der Waals surface area contributed by atoms with Gasteiger partial charge in [-0.1, -0.05) is 29.5 Å². The second-order valence-corrected chi connectivity index (χ2v) is 3.38. The van der Waals surface area contributed by atoms with Gasteiger partial charge in [-0.2, -0.15) is 0 Å². The molecule has 2 atom stereocenters. The zero-order valence-corrected chi connectivity index (χ0v) is 6.97. The third kappa shape index (κ3) is 3.29. The Morgan fingerprint density at radius 2 is 2.14 bits per heavy atom. The van der Waals surface area contributed by atoms with Crippen molar-refractivity contribution in [2.45, 2.75) is 30.2 Å². The lowest BCUT2D eigenvalue weighted by Gasteiger charge is -2.08. The van der Waals surface area contributed by atoms with Crippen LogP contribution < -0.4 is 5.73 Å². The molecule has 0 amide bonds. The lowest BCUT2D eigenvalue weighted by Crippen LogP contribution is -2.25. The fraction of sp³-hybridized carbons (Fsp3) is 1.00. The average molecular weight is 213 g/mol. The number of hydrogen-bond acceptors (Lipinski definition) is 1. The Morgan fingerprint density at radius 3 is 2.14 bits per heavy atom. The summed E-state index contributed by atoms with van der Waals surface area (Å²) in [6.07, 6.45) is 1.18. The van der Waals surface area contributed by atoms with Gasteiger partial charge >= 0.3 is 0 Å². The SMILES string of the molecule is CCC(I)C(C)N. The first-order valence-electron chi connectivity index (χ1n) is 2.58. The lowest BCUT2D eigenvalue weighted by molar-refractivity contribution is 0.691. The van der Waals surface area contributed by atoms with Crippen LogP contribution in [0.5, 0.6) is 0 Å². The van der Waals surface area contributed by atoms with Crippen molar-refractivity contribution in [2.24, 2.45) is 5.73 Å². The van der Waals surface area contributed by atoms with Crippen molar-refractivity contribution in [1.29, 1.82) is 0 Å². The molecule has 0 aliphatic heterocycles. The second kappa shape index (κ2) is 3.66. The normalized spacial score (nSPS) is 18.9. The molecular weight excluding hydrogens is 201 g/mol. The summed E-state index contributed by atoms with van der Waals surface area (Å²) in [6, 6.07) is 0.352. The summed E-state index contributed by atoms with van der Waals surface area (Å²) in [6.45, 7) is 4.20. The van der Waals surface area contributed by atoms with Crippen LogP contribution in [-0.4, -0.2) is 9.97 Å². The molecule has 0 saturated heterocycles. The van der Waals surface area contributed by atoms with E-state index in [1.165, 1.54) is 6.42 Å². The first-order valence-corrected chi connectivity index (χ1v) is 3.82. The molecule has 0 rings (SSSR count). The minimum absolute atomic E-state index is 0.352. The molecule has 0 saturated carbocycles. The topological polar surface area (TPSA) is 26.0 Å². The predicted molar refractivity (Wildman–Crippen MR) is 41.7 cm³/mol. The van der Waals surface area contributed by atoms with Crippen LogP contribution in [0.3, 0.4) is 0 Å². The molecule has 2 unspecified atom stereocenters. The van der Waals surface area contributed by atoms with E-state index in [9.17, 15) is 0 Å². The Bertz CT molecular complexity index is 45.3. The highest BCUT2D eigenvalue weighted by atomic mass is 127. The number of rotatable bonds is 2. The van der Waals surface area contributed by atoms with Gasteiger partial charge in [-0.3, -0.25) is 0 Å². The van der Waals surface area contributed by atoms with Gasteiger partial charge in [0, 0.05) is 9.97 Å². The quantitative estimate of drug-likeness (QED) is 0.546. The maximum absolute atomic E-state index is 5.54. The number of alkyl halides is 1. The molecule has 0 bridgehead atoms. The Morgan fingerprint density at radius 1 is 1.71 bits per heavy atom. The first-order chi connectivity index (χ1) is 3.18. The van der Waals surface area contributed by atoms with Crippen molar-refractivity contribution < 1.29 is 0 Å². The number of hydrogen-bond donors (Lipinski definition) is 1. The van der Waals surface area contributed by atoms with Crippen LogP contribution in [-0.2, 0) is 0 Å². The number of halogens is 1. The molecule has 0 fully saturated rings. The molecule has 2 N–H and O–H groups in total. The molecule has 7 heavy (non-hydrogen) atoms. The van der Waals surface area contributed by atoms with Gasteiger partial charge in [0.1, 0.15) is 0 Å². The van der Waals surface area contributed by atoms with Crippen molar-refractivity contribution in [3.05, 3.63) is 0 Å². The van der Waals surface area contributed by atoms with E-state index in [1.807, 2.05) is 6.92 Å². The van der Waals surface area contributed by atoms with Crippen molar-refractivity contribution in [1.82, 2.24) is 0 Å². The average Bonchev–Trinajstić information content (AvgIpc) is 1.65. The third-order valence-corrected chi connectivity index (χ3v) is 2.98. The largest absolute Gasteiger partial charge is 0.327 e. The minimum atomic E-state index is 0.352. The molecule has 0 aromatic rings. The van der Waals surface area contributed by atoms with Crippen LogP contribution in [0.1, 0.15) is 20.3 Å². The maximum atomic E-state index is 5.54. The number of nitrogens with two attached hydrogens (primary N) is 1. The highest BCUT2D eigenvalue weighted by Gasteiger charge is 2.03. The summed E-state index contributed by atoms with van der Waals surface area (Å²) in [7, 11) is 0. The van der Waals surface area contributed by atoms with Gasteiger partial charge in [-0.25, -0.2) is 0 Å². The van der Waals surface area contributed by atoms with Gasteiger partial charge in [-0.05, 0) is 13.3 Å². The minimum Gasteiger partial charge on any atom is -0.327 e. The van der Waals surface area contributed by atoms with E-state index in [4.69, 9.17) is 5.73 Å². The van der Waals surface area contributed by atoms with Crippen molar-refractivity contribution in [2.75, 3.05) is 0 Å². The zero-order chi connectivity index (χ0) is 5.86. The Labute approximate surface area is 58.8 Å². The first kappa shape index (κ1) is 7.69. The van der Waals surface area contributed by atoms with Crippen LogP contribution in [0, 0.1) is 0 Å². The molecule has 0 aliphatic carbocycles. The van der Waals surface area contributed by atoms with Crippen LogP contribution in [0.25, 0.3) is 0 Å². The van der Waals surface area contributed by atoms with Crippen molar-refractivity contribution in [3.8, 4) is 0 Å². The molecule has 2 heteroatoms. The summed E-state index contributed by atoms with van der Waals surface area (Å²) in [5.74, 6) is 0. The van der Waals surface area contributed by atoms with E-state index >= 15 is 0 Å². The Balaban J connectivity index is 3.14. The summed E-state index contributed by atoms with van der Waals surface area (Å²) in [5, 5.41) is 0. The molecular formula is C5H12IN. The fourth-order valence-electron chi connectivity index (χ4n) is 0.372. The Hall–Kier alpha value is 0.690. The maximum Gasteiger partial charge on any atom is 0.0256 e. The predicted octanol–water partition coefficient (Wildman–Crippen LogP) is 1.55. The van der Waals surface area contributed by atoms with Crippen LogP contribution in [0.4, 0.5) is 0 Å². The lowest BCUT2D eigenvalue weighted by atomic mass is 10.2. The second-order valence-electron chi connectivity index (χ2n) is 1.78. The monoisotopic (exact) mass is 213 g/mol. The highest BCUT2D eigenvalue weighted by molar-refractivity contribution is 14.1. The summed E-state index contributed by atoms with van der Waals surface area (Å²) in [5.41, 5.74) is 5.54. The van der Waals surface area contributed by atoms with Gasteiger partial charge in [0.2, 0.25) is 0 Å². The summed E-state index contributed by atoms with van der Waals surface area (Å²) in [4.78, 5) is 0. The van der Waals surface area contributed by atoms with Gasteiger partial charge in [0.05, 0.1) is 0 Å². The molecule has 0 heterocycles. The van der Waals surface area contributed by atoms with E-state index in [0.29, 0.717) is 9.97 Å². The van der Waals surface area contributed by atoms with Crippen molar-refractivity contribution in [3.63, 3.8) is 0 Å². The zero-order valence-electron chi connectivity index (χ0n) is 4.82. The van der Waals surface area contributed by atoms with Crippen LogP contribution in [0.2, 0.25) is 0 Å². The molecule has 0 spiro atoms. The van der Waals surface area contributed by atoms with Gasteiger partial charge in [0.15, 0.2) is 0 Å². The van der Waals surface area contributed by atoms with Gasteiger partial charge in [-0.15, -0.1) is 0 Å². The summed E-state index contributed by atoms with van der Waals surface area (Å²) >= 11 is 2.37. The standard InChI is InChI=1S/C5H12IN/c1-3-5(6)4(2)7/h4-5H,3,7H2,1-2H3. The van der Waals surface area contributed by atoms with Gasteiger partial charge in [0.25, 0.3) is 0 Å². The van der Waals surface area contributed by atoms with E-state index in [1.54, 1.807) is 0 Å². The molecule has 0 aromatic carbocycles. The van der Waals surface area contributed by atoms with Crippen LogP contribution >= 0.6 is 22.6 Å².